The van der Waals surface area contributed by atoms with Crippen LogP contribution in [0.5, 0.6) is 11.5 Å². The number of hydrogen-bond donors (Lipinski definition) is 1. The Bertz CT molecular complexity index is 922. The molecular formula is C23H27N2O3+. The molecule has 0 bridgehead atoms. The lowest BCUT2D eigenvalue weighted by Crippen LogP contribution is -2.41. The van der Waals surface area contributed by atoms with Gasteiger partial charge in [0, 0.05) is 12.0 Å². The van der Waals surface area contributed by atoms with Crippen molar-refractivity contribution in [3.05, 3.63) is 53.6 Å². The van der Waals surface area contributed by atoms with E-state index in [1.165, 1.54) is 17.8 Å². The second-order valence-electron chi connectivity index (χ2n) is 7.98. The van der Waals surface area contributed by atoms with Crippen LogP contribution in [0.25, 0.3) is 0 Å². The van der Waals surface area contributed by atoms with Gasteiger partial charge < -0.3 is 14.6 Å². The van der Waals surface area contributed by atoms with Crippen LogP contribution in [0.1, 0.15) is 36.8 Å². The van der Waals surface area contributed by atoms with Gasteiger partial charge in [-0.3, -0.25) is 0 Å². The lowest BCUT2D eigenvalue weighted by Gasteiger charge is -2.26. The molecule has 5 rings (SSSR count). The number of rotatable bonds is 2. The summed E-state index contributed by atoms with van der Waals surface area (Å²) in [5.41, 5.74) is 2.18. The highest BCUT2D eigenvalue weighted by atomic mass is 16.6. The Labute approximate surface area is 165 Å². The SMILES string of the molecule is Cc1ccc(N2C[C@@](O)(c3ccc4c(c3)OCCO4)[N+]3=C2CCCCC3)cc1. The Kier molecular flexibility index (Phi) is 4.27. The zero-order valence-corrected chi connectivity index (χ0v) is 16.4. The van der Waals surface area contributed by atoms with Gasteiger partial charge in [-0.2, -0.15) is 0 Å². The van der Waals surface area contributed by atoms with Crippen LogP contribution in [0, 0.1) is 6.92 Å². The number of anilines is 1. The largest absolute Gasteiger partial charge is 0.486 e. The third-order valence-electron chi connectivity index (χ3n) is 6.08. The third-order valence-corrected chi connectivity index (χ3v) is 6.08. The standard InChI is InChI=1S/C23H27N2O3/c1-17-6-9-19(10-7-17)24-16-23(26,25-12-4-2-3-5-22(24)25)18-8-11-20-21(15-18)28-14-13-27-20/h6-11,15,26H,2-5,12-14,16H2,1H3/q+1/t23-/m1/s1. The highest BCUT2D eigenvalue weighted by Gasteiger charge is 2.52. The molecule has 0 saturated heterocycles. The maximum Gasteiger partial charge on any atom is 0.271 e. The molecule has 0 fully saturated rings. The van der Waals surface area contributed by atoms with Crippen molar-refractivity contribution in [3.63, 3.8) is 0 Å². The number of fused-ring (bicyclic) bond motifs is 1. The van der Waals surface area contributed by atoms with E-state index in [-0.39, 0.29) is 0 Å². The first kappa shape index (κ1) is 17.6. The Morgan fingerprint density at radius 1 is 0.964 bits per heavy atom. The maximum absolute atomic E-state index is 11.9. The van der Waals surface area contributed by atoms with Gasteiger partial charge in [0.25, 0.3) is 11.6 Å². The van der Waals surface area contributed by atoms with Crippen molar-refractivity contribution in [1.82, 2.24) is 0 Å². The fourth-order valence-corrected chi connectivity index (χ4v) is 4.57. The van der Waals surface area contributed by atoms with Crippen molar-refractivity contribution >= 4 is 11.5 Å². The molecule has 0 spiro atoms. The fourth-order valence-electron chi connectivity index (χ4n) is 4.57. The minimum absolute atomic E-state index is 0.519. The fraction of sp³-hybridized carbons (Fsp3) is 0.435. The molecule has 1 N–H and O–H groups in total. The van der Waals surface area contributed by atoms with E-state index in [0.717, 1.165) is 48.6 Å². The van der Waals surface area contributed by atoms with Crippen LogP contribution < -0.4 is 14.4 Å². The van der Waals surface area contributed by atoms with Gasteiger partial charge in [0.2, 0.25) is 0 Å². The van der Waals surface area contributed by atoms with Crippen LogP contribution in [0.4, 0.5) is 5.69 Å². The number of nitrogens with zero attached hydrogens (tertiary/aromatic N) is 2. The molecule has 3 aliphatic heterocycles. The summed E-state index contributed by atoms with van der Waals surface area (Å²) in [6.07, 6.45) is 4.43. The van der Waals surface area contributed by atoms with Crippen molar-refractivity contribution in [2.24, 2.45) is 0 Å². The molecule has 3 heterocycles. The summed E-state index contributed by atoms with van der Waals surface area (Å²) in [5.74, 6) is 2.70. The van der Waals surface area contributed by atoms with Gasteiger partial charge >= 0.3 is 0 Å². The Morgan fingerprint density at radius 3 is 2.57 bits per heavy atom. The molecule has 3 aliphatic rings. The molecule has 0 aliphatic carbocycles. The average Bonchev–Trinajstić information content (AvgIpc) is 2.87. The summed E-state index contributed by atoms with van der Waals surface area (Å²) >= 11 is 0. The van der Waals surface area contributed by atoms with Crippen LogP contribution in [-0.2, 0) is 5.72 Å². The highest BCUT2D eigenvalue weighted by molar-refractivity contribution is 5.95. The molecule has 1 atom stereocenters. The van der Waals surface area contributed by atoms with Crippen molar-refractivity contribution in [1.29, 1.82) is 0 Å². The number of amidine groups is 1. The Balaban J connectivity index is 1.58. The smallest absolute Gasteiger partial charge is 0.271 e. The van der Waals surface area contributed by atoms with E-state index in [0.29, 0.717) is 19.8 Å². The molecule has 28 heavy (non-hydrogen) atoms. The van der Waals surface area contributed by atoms with Gasteiger partial charge in [-0.15, -0.1) is 0 Å². The summed E-state index contributed by atoms with van der Waals surface area (Å²) in [5, 5.41) is 11.9. The first-order valence-electron chi connectivity index (χ1n) is 10.3. The Hall–Kier alpha value is -2.53. The zero-order valence-electron chi connectivity index (χ0n) is 16.4. The second-order valence-corrected chi connectivity index (χ2v) is 7.98. The zero-order chi connectivity index (χ0) is 19.1. The van der Waals surface area contributed by atoms with Gasteiger partial charge in [0.05, 0.1) is 6.54 Å². The van der Waals surface area contributed by atoms with Gasteiger partial charge in [0.1, 0.15) is 18.9 Å². The molecule has 146 valence electrons. The molecule has 0 saturated carbocycles. The predicted molar refractivity (Wildman–Crippen MR) is 108 cm³/mol. The highest BCUT2D eigenvalue weighted by Crippen LogP contribution is 2.39. The third kappa shape index (κ3) is 2.85. The van der Waals surface area contributed by atoms with Crippen LogP contribution in [-0.4, -0.2) is 41.8 Å². The summed E-state index contributed by atoms with van der Waals surface area (Å²) < 4.78 is 13.7. The molecule has 5 nitrogen and oxygen atoms in total. The van der Waals surface area contributed by atoms with Crippen LogP contribution >= 0.6 is 0 Å². The van der Waals surface area contributed by atoms with Gasteiger partial charge in [-0.25, -0.2) is 9.48 Å². The number of β-amino-alcohol motifs (C(OH)–C–C–N with tert-alkyl or cyclic N) is 1. The van der Waals surface area contributed by atoms with Crippen molar-refractivity contribution in [2.75, 3.05) is 31.2 Å². The first-order valence-corrected chi connectivity index (χ1v) is 10.3. The number of aliphatic hydroxyl groups is 1. The molecule has 2 aromatic carbocycles. The quantitative estimate of drug-likeness (QED) is 0.812. The van der Waals surface area contributed by atoms with E-state index < -0.39 is 5.72 Å². The van der Waals surface area contributed by atoms with E-state index >= 15 is 0 Å². The van der Waals surface area contributed by atoms with Crippen LogP contribution in [0.3, 0.4) is 0 Å². The number of aryl methyl sites for hydroxylation is 1. The average molecular weight is 379 g/mol. The monoisotopic (exact) mass is 379 g/mol. The predicted octanol–water partition coefficient (Wildman–Crippen LogP) is 3.42. The van der Waals surface area contributed by atoms with E-state index in [2.05, 4.69) is 40.7 Å². The second kappa shape index (κ2) is 6.82. The number of benzene rings is 2. The lowest BCUT2D eigenvalue weighted by molar-refractivity contribution is -0.658. The van der Waals surface area contributed by atoms with Gasteiger partial charge in [0.15, 0.2) is 18.0 Å². The minimum atomic E-state index is -1.07. The summed E-state index contributed by atoms with van der Waals surface area (Å²) in [6.45, 7) is 4.60. The van der Waals surface area contributed by atoms with Crippen LogP contribution in [0.15, 0.2) is 42.5 Å². The van der Waals surface area contributed by atoms with Gasteiger partial charge in [-0.1, -0.05) is 17.7 Å². The normalized spacial score (nSPS) is 24.1. The van der Waals surface area contributed by atoms with Crippen molar-refractivity contribution in [2.45, 2.75) is 38.3 Å². The van der Waals surface area contributed by atoms with E-state index in [9.17, 15) is 5.11 Å². The lowest BCUT2D eigenvalue weighted by atomic mass is 10.0. The van der Waals surface area contributed by atoms with E-state index in [1.807, 2.05) is 18.2 Å². The minimum Gasteiger partial charge on any atom is -0.486 e. The van der Waals surface area contributed by atoms with Crippen LogP contribution in [0.2, 0.25) is 0 Å². The molecule has 0 amide bonds. The summed E-state index contributed by atoms with van der Waals surface area (Å²) in [4.78, 5) is 2.29. The molecule has 2 aromatic rings. The first-order chi connectivity index (χ1) is 13.6. The number of hydrogen-bond acceptors (Lipinski definition) is 4. The molecular weight excluding hydrogens is 352 g/mol. The summed E-state index contributed by atoms with van der Waals surface area (Å²) in [7, 11) is 0. The maximum atomic E-state index is 11.9. The van der Waals surface area contributed by atoms with Gasteiger partial charge in [-0.05, 0) is 56.5 Å². The summed E-state index contributed by atoms with van der Waals surface area (Å²) in [6, 6.07) is 14.4. The Morgan fingerprint density at radius 2 is 1.75 bits per heavy atom. The van der Waals surface area contributed by atoms with Crippen molar-refractivity contribution in [3.8, 4) is 11.5 Å². The molecule has 5 heteroatoms. The topological polar surface area (TPSA) is 44.9 Å². The molecule has 0 aromatic heterocycles. The number of ether oxygens (including phenoxy) is 2. The molecule has 0 unspecified atom stereocenters. The molecule has 0 radical (unpaired) electrons. The van der Waals surface area contributed by atoms with E-state index in [1.54, 1.807) is 0 Å². The van der Waals surface area contributed by atoms with E-state index in [4.69, 9.17) is 9.47 Å². The van der Waals surface area contributed by atoms with Crippen molar-refractivity contribution < 1.29 is 19.2 Å².